The molecule has 6 nitrogen and oxygen atoms in total. The highest BCUT2D eigenvalue weighted by atomic mass is 15.4. The summed E-state index contributed by atoms with van der Waals surface area (Å²) in [5.74, 6) is 2.00. The van der Waals surface area contributed by atoms with Gasteiger partial charge in [-0.2, -0.15) is 5.10 Å². The first-order valence-electron chi connectivity index (χ1n) is 7.82. The molecule has 0 atom stereocenters. The molecule has 0 aromatic carbocycles. The first kappa shape index (κ1) is 13.4. The first-order chi connectivity index (χ1) is 10.7. The number of aryl methyl sites for hydroxylation is 3. The molecule has 6 heteroatoms. The molecule has 22 heavy (non-hydrogen) atoms. The van der Waals surface area contributed by atoms with E-state index in [1.54, 1.807) is 6.33 Å². The van der Waals surface area contributed by atoms with Gasteiger partial charge in [-0.1, -0.05) is 0 Å². The van der Waals surface area contributed by atoms with Crippen molar-refractivity contribution in [2.45, 2.75) is 32.2 Å². The van der Waals surface area contributed by atoms with Crippen LogP contribution in [-0.4, -0.2) is 46.3 Å². The van der Waals surface area contributed by atoms with E-state index in [1.165, 1.54) is 17.7 Å². The Balaban J connectivity index is 1.43. The topological polar surface area (TPSA) is 58.0 Å². The molecule has 1 saturated heterocycles. The van der Waals surface area contributed by atoms with Gasteiger partial charge in [-0.3, -0.25) is 0 Å². The molecule has 0 amide bonds. The summed E-state index contributed by atoms with van der Waals surface area (Å²) in [6, 6.07) is 4.71. The third-order valence-corrected chi connectivity index (χ3v) is 4.69. The van der Waals surface area contributed by atoms with Crippen LogP contribution < -0.4 is 9.80 Å². The molecule has 4 rings (SSSR count). The van der Waals surface area contributed by atoms with E-state index in [-0.39, 0.29) is 0 Å². The molecular formula is C16H20N6. The largest absolute Gasteiger partial charge is 0.353 e. The molecule has 2 aromatic rings. The molecule has 114 valence electrons. The third-order valence-electron chi connectivity index (χ3n) is 4.69. The Morgan fingerprint density at radius 2 is 2.00 bits per heavy atom. The molecule has 0 radical (unpaired) electrons. The highest BCUT2D eigenvalue weighted by Gasteiger charge is 2.32. The summed E-state index contributed by atoms with van der Waals surface area (Å²) in [5.41, 5.74) is 3.57. The van der Waals surface area contributed by atoms with Crippen LogP contribution in [0.3, 0.4) is 0 Å². The Labute approximate surface area is 130 Å². The van der Waals surface area contributed by atoms with Crippen LogP contribution in [0.2, 0.25) is 0 Å². The Kier molecular flexibility index (Phi) is 3.17. The fourth-order valence-corrected chi connectivity index (χ4v) is 3.18. The zero-order valence-corrected chi connectivity index (χ0v) is 13.0. The highest BCUT2D eigenvalue weighted by Crippen LogP contribution is 2.27. The van der Waals surface area contributed by atoms with E-state index >= 15 is 0 Å². The van der Waals surface area contributed by atoms with Gasteiger partial charge in [0.1, 0.15) is 12.1 Å². The molecular weight excluding hydrogens is 276 g/mol. The normalized spacial score (nSPS) is 17.3. The number of hydrogen-bond donors (Lipinski definition) is 0. The van der Waals surface area contributed by atoms with Crippen LogP contribution in [0.5, 0.6) is 0 Å². The summed E-state index contributed by atoms with van der Waals surface area (Å²) in [5, 5.41) is 8.76. The van der Waals surface area contributed by atoms with Gasteiger partial charge in [0.15, 0.2) is 5.82 Å². The fraction of sp³-hybridized carbons (Fsp3) is 0.500. The standard InChI is InChI=1S/C16H20N6/c1-11-6-15(18-10-17-11)21(2)13-8-22(9-13)16-7-12-4-3-5-14(12)19-20-16/h6-7,10,13H,3-5,8-9H2,1-2H3. The number of hydrogen-bond acceptors (Lipinski definition) is 6. The number of likely N-dealkylation sites (N-methyl/N-ethyl adjacent to an activating group) is 1. The van der Waals surface area contributed by atoms with Crippen LogP contribution in [0.4, 0.5) is 11.6 Å². The predicted molar refractivity (Wildman–Crippen MR) is 85.2 cm³/mol. The molecule has 1 fully saturated rings. The molecule has 2 aromatic heterocycles. The summed E-state index contributed by atoms with van der Waals surface area (Å²) < 4.78 is 0. The number of aromatic nitrogens is 4. The van der Waals surface area contributed by atoms with Crippen molar-refractivity contribution in [2.24, 2.45) is 0 Å². The van der Waals surface area contributed by atoms with Gasteiger partial charge in [0.05, 0.1) is 11.7 Å². The van der Waals surface area contributed by atoms with Crippen molar-refractivity contribution in [3.8, 4) is 0 Å². The highest BCUT2D eigenvalue weighted by molar-refractivity contribution is 5.49. The maximum Gasteiger partial charge on any atom is 0.151 e. The van der Waals surface area contributed by atoms with Crippen LogP contribution in [0.25, 0.3) is 0 Å². The minimum atomic E-state index is 0.462. The second-order valence-electron chi connectivity index (χ2n) is 6.22. The number of fused-ring (bicyclic) bond motifs is 1. The van der Waals surface area contributed by atoms with Crippen LogP contribution in [0.15, 0.2) is 18.5 Å². The van der Waals surface area contributed by atoms with E-state index in [0.717, 1.165) is 43.3 Å². The Bertz CT molecular complexity index is 695. The third kappa shape index (κ3) is 2.28. The summed E-state index contributed by atoms with van der Waals surface area (Å²) in [4.78, 5) is 13.0. The summed E-state index contributed by atoms with van der Waals surface area (Å²) in [6.45, 7) is 3.92. The molecule has 1 aliphatic heterocycles. The smallest absolute Gasteiger partial charge is 0.151 e. The number of anilines is 2. The van der Waals surface area contributed by atoms with Crippen LogP contribution in [0, 0.1) is 6.92 Å². The van der Waals surface area contributed by atoms with Gasteiger partial charge >= 0.3 is 0 Å². The Hall–Kier alpha value is -2.24. The summed E-state index contributed by atoms with van der Waals surface area (Å²) >= 11 is 0. The lowest BCUT2D eigenvalue weighted by atomic mass is 10.1. The SMILES string of the molecule is Cc1cc(N(C)C2CN(c3cc4c(nn3)CCC4)C2)ncn1. The summed E-state index contributed by atoms with van der Waals surface area (Å²) in [7, 11) is 2.10. The van der Waals surface area contributed by atoms with Crippen LogP contribution in [-0.2, 0) is 12.8 Å². The Morgan fingerprint density at radius 3 is 2.82 bits per heavy atom. The maximum atomic E-state index is 4.38. The van der Waals surface area contributed by atoms with E-state index in [4.69, 9.17) is 0 Å². The fourth-order valence-electron chi connectivity index (χ4n) is 3.18. The number of rotatable bonds is 3. The van der Waals surface area contributed by atoms with Gasteiger partial charge in [0.2, 0.25) is 0 Å². The molecule has 3 heterocycles. The van der Waals surface area contributed by atoms with Crippen molar-refractivity contribution >= 4 is 11.6 Å². The van der Waals surface area contributed by atoms with Gasteiger partial charge < -0.3 is 9.80 Å². The Morgan fingerprint density at radius 1 is 1.14 bits per heavy atom. The molecule has 0 unspecified atom stereocenters. The maximum absolute atomic E-state index is 4.38. The zero-order valence-electron chi connectivity index (χ0n) is 13.0. The van der Waals surface area contributed by atoms with Gasteiger partial charge in [-0.05, 0) is 37.8 Å². The second-order valence-corrected chi connectivity index (χ2v) is 6.22. The molecule has 2 aliphatic rings. The molecule has 0 spiro atoms. The monoisotopic (exact) mass is 296 g/mol. The lowest BCUT2D eigenvalue weighted by molar-refractivity contribution is 0.487. The van der Waals surface area contributed by atoms with E-state index in [9.17, 15) is 0 Å². The number of nitrogens with zero attached hydrogens (tertiary/aromatic N) is 6. The second kappa shape index (κ2) is 5.19. The van der Waals surface area contributed by atoms with E-state index in [0.29, 0.717) is 6.04 Å². The first-order valence-corrected chi connectivity index (χ1v) is 7.82. The summed E-state index contributed by atoms with van der Waals surface area (Å²) in [6.07, 6.45) is 5.08. The minimum Gasteiger partial charge on any atom is -0.353 e. The lowest BCUT2D eigenvalue weighted by Gasteiger charge is -2.44. The van der Waals surface area contributed by atoms with E-state index in [2.05, 4.69) is 43.1 Å². The van der Waals surface area contributed by atoms with Gasteiger partial charge in [0.25, 0.3) is 0 Å². The molecule has 0 N–H and O–H groups in total. The molecule has 0 bridgehead atoms. The van der Waals surface area contributed by atoms with Crippen molar-refractivity contribution in [3.05, 3.63) is 35.4 Å². The quantitative estimate of drug-likeness (QED) is 0.853. The van der Waals surface area contributed by atoms with Gasteiger partial charge in [0, 0.05) is 31.9 Å². The van der Waals surface area contributed by atoms with Gasteiger partial charge in [-0.15, -0.1) is 5.10 Å². The predicted octanol–water partition coefficient (Wildman–Crippen LogP) is 1.39. The van der Waals surface area contributed by atoms with Crippen molar-refractivity contribution in [2.75, 3.05) is 29.9 Å². The van der Waals surface area contributed by atoms with Crippen LogP contribution >= 0.6 is 0 Å². The lowest BCUT2D eigenvalue weighted by Crippen LogP contribution is -2.59. The van der Waals surface area contributed by atoms with Crippen molar-refractivity contribution in [1.29, 1.82) is 0 Å². The minimum absolute atomic E-state index is 0.462. The van der Waals surface area contributed by atoms with Crippen LogP contribution in [0.1, 0.15) is 23.4 Å². The van der Waals surface area contributed by atoms with E-state index in [1.807, 2.05) is 13.0 Å². The average molecular weight is 296 g/mol. The van der Waals surface area contributed by atoms with Crippen molar-refractivity contribution < 1.29 is 0 Å². The molecule has 0 saturated carbocycles. The van der Waals surface area contributed by atoms with E-state index < -0.39 is 0 Å². The molecule has 1 aliphatic carbocycles. The van der Waals surface area contributed by atoms with Crippen molar-refractivity contribution in [1.82, 2.24) is 20.2 Å². The van der Waals surface area contributed by atoms with Crippen molar-refractivity contribution in [3.63, 3.8) is 0 Å². The average Bonchev–Trinajstić information content (AvgIpc) is 2.93. The van der Waals surface area contributed by atoms with Gasteiger partial charge in [-0.25, -0.2) is 9.97 Å². The zero-order chi connectivity index (χ0) is 15.1.